The molecule has 24 heavy (non-hydrogen) atoms. The van der Waals surface area contributed by atoms with Crippen LogP contribution in [0.4, 0.5) is 5.13 Å². The van der Waals surface area contributed by atoms with Gasteiger partial charge in [0.05, 0.1) is 13.2 Å². The molecular weight excluding hydrogens is 328 g/mol. The lowest BCUT2D eigenvalue weighted by Crippen LogP contribution is -2.15. The van der Waals surface area contributed by atoms with Gasteiger partial charge in [-0.15, -0.1) is 5.10 Å². The van der Waals surface area contributed by atoms with Crippen LogP contribution in [0.15, 0.2) is 35.1 Å². The van der Waals surface area contributed by atoms with Crippen LogP contribution >= 0.6 is 11.3 Å². The Bertz CT molecular complexity index is 873. The summed E-state index contributed by atoms with van der Waals surface area (Å²) in [5.74, 6) is 1.60. The number of rotatable bonds is 7. The molecule has 7 nitrogen and oxygen atoms in total. The zero-order valence-electron chi connectivity index (χ0n) is 13.5. The average Bonchev–Trinajstić information content (AvgIpc) is 2.96. The minimum absolute atomic E-state index is 0.174. The van der Waals surface area contributed by atoms with Gasteiger partial charge >= 0.3 is 0 Å². The summed E-state index contributed by atoms with van der Waals surface area (Å²) >= 11 is 1.34. The minimum Gasteiger partial charge on any atom is -0.494 e. The number of nitrogens with zero attached hydrogens (tertiary/aromatic N) is 3. The van der Waals surface area contributed by atoms with Crippen LogP contribution in [0, 0.1) is 6.92 Å². The van der Waals surface area contributed by atoms with Crippen molar-refractivity contribution in [2.45, 2.75) is 13.8 Å². The van der Waals surface area contributed by atoms with Gasteiger partial charge < -0.3 is 14.8 Å². The Morgan fingerprint density at radius 2 is 1.92 bits per heavy atom. The number of ether oxygens (including phenoxy) is 2. The Morgan fingerprint density at radius 1 is 1.21 bits per heavy atom. The number of benzene rings is 1. The zero-order valence-corrected chi connectivity index (χ0v) is 14.3. The molecule has 0 unspecified atom stereocenters. The number of fused-ring (bicyclic) bond motifs is 1. The first-order valence-corrected chi connectivity index (χ1v) is 8.44. The van der Waals surface area contributed by atoms with Crippen LogP contribution in [0.3, 0.4) is 0 Å². The molecule has 0 radical (unpaired) electrons. The summed E-state index contributed by atoms with van der Waals surface area (Å²) < 4.78 is 12.3. The summed E-state index contributed by atoms with van der Waals surface area (Å²) in [5.41, 5.74) is 0.515. The highest BCUT2D eigenvalue weighted by molar-refractivity contribution is 7.20. The van der Waals surface area contributed by atoms with Crippen LogP contribution in [-0.4, -0.2) is 34.4 Å². The van der Waals surface area contributed by atoms with E-state index in [9.17, 15) is 4.79 Å². The topological polar surface area (TPSA) is 77.8 Å². The van der Waals surface area contributed by atoms with Crippen molar-refractivity contribution in [3.8, 4) is 11.5 Å². The Kier molecular flexibility index (Phi) is 4.95. The van der Waals surface area contributed by atoms with Crippen molar-refractivity contribution in [3.63, 3.8) is 0 Å². The molecule has 3 rings (SSSR count). The molecule has 0 aliphatic rings. The fourth-order valence-electron chi connectivity index (χ4n) is 2.12. The minimum atomic E-state index is -0.174. The van der Waals surface area contributed by atoms with E-state index in [-0.39, 0.29) is 5.56 Å². The summed E-state index contributed by atoms with van der Waals surface area (Å²) in [6.45, 7) is 5.43. The quantitative estimate of drug-likeness (QED) is 0.662. The van der Waals surface area contributed by atoms with Crippen LogP contribution in [0.2, 0.25) is 0 Å². The third kappa shape index (κ3) is 3.83. The number of aromatic nitrogens is 3. The Morgan fingerprint density at radius 3 is 2.62 bits per heavy atom. The van der Waals surface area contributed by atoms with E-state index >= 15 is 0 Å². The monoisotopic (exact) mass is 346 g/mol. The van der Waals surface area contributed by atoms with Gasteiger partial charge in [-0.2, -0.15) is 4.52 Å². The van der Waals surface area contributed by atoms with Gasteiger partial charge in [-0.25, -0.2) is 4.98 Å². The lowest BCUT2D eigenvalue weighted by molar-refractivity contribution is 0.326. The highest BCUT2D eigenvalue weighted by atomic mass is 32.1. The Hall–Kier alpha value is -2.61. The molecule has 0 saturated heterocycles. The van der Waals surface area contributed by atoms with E-state index in [0.717, 1.165) is 11.5 Å². The molecule has 0 amide bonds. The van der Waals surface area contributed by atoms with Crippen LogP contribution in [0.5, 0.6) is 11.5 Å². The zero-order chi connectivity index (χ0) is 16.9. The highest BCUT2D eigenvalue weighted by Gasteiger charge is 2.07. The molecule has 126 valence electrons. The Balaban J connectivity index is 1.53. The molecule has 3 aromatic rings. The fourth-order valence-corrected chi connectivity index (χ4v) is 2.99. The van der Waals surface area contributed by atoms with Crippen molar-refractivity contribution < 1.29 is 9.47 Å². The van der Waals surface area contributed by atoms with Crippen molar-refractivity contribution in [3.05, 3.63) is 46.4 Å². The second-order valence-corrected chi connectivity index (χ2v) is 5.97. The van der Waals surface area contributed by atoms with Crippen molar-refractivity contribution in [2.75, 3.05) is 25.1 Å². The molecule has 0 fully saturated rings. The number of hydrogen-bond acceptors (Lipinski definition) is 7. The molecule has 0 saturated carbocycles. The molecule has 0 spiro atoms. The molecule has 0 bridgehead atoms. The third-order valence-electron chi connectivity index (χ3n) is 3.15. The van der Waals surface area contributed by atoms with Gasteiger partial charge in [0, 0.05) is 11.8 Å². The van der Waals surface area contributed by atoms with E-state index in [4.69, 9.17) is 9.47 Å². The molecule has 0 aliphatic carbocycles. The average molecular weight is 346 g/mol. The molecule has 2 aromatic heterocycles. The maximum absolute atomic E-state index is 11.8. The maximum Gasteiger partial charge on any atom is 0.275 e. The molecule has 1 aromatic carbocycles. The van der Waals surface area contributed by atoms with E-state index < -0.39 is 0 Å². The number of anilines is 1. The summed E-state index contributed by atoms with van der Waals surface area (Å²) in [4.78, 5) is 16.7. The summed E-state index contributed by atoms with van der Waals surface area (Å²) in [7, 11) is 0. The maximum atomic E-state index is 11.8. The van der Waals surface area contributed by atoms with E-state index in [2.05, 4.69) is 15.4 Å². The number of hydrogen-bond donors (Lipinski definition) is 1. The number of nitrogens with one attached hydrogen (secondary N) is 1. The molecule has 0 atom stereocenters. The van der Waals surface area contributed by atoms with Gasteiger partial charge in [0.15, 0.2) is 0 Å². The number of aryl methyl sites for hydroxylation is 1. The van der Waals surface area contributed by atoms with Crippen LogP contribution in [0.25, 0.3) is 4.96 Å². The first-order chi connectivity index (χ1) is 11.7. The summed E-state index contributed by atoms with van der Waals surface area (Å²) in [6, 6.07) is 8.95. The predicted molar refractivity (Wildman–Crippen MR) is 93.5 cm³/mol. The van der Waals surface area contributed by atoms with Gasteiger partial charge in [-0.3, -0.25) is 4.79 Å². The standard InChI is InChI=1S/C16H18N4O3S/c1-3-22-12-4-6-13(7-5-12)23-9-8-17-15-19-20-14(21)10-11(2)18-16(20)24-15/h4-7,10H,3,8-9H2,1-2H3,(H,17,19). The first kappa shape index (κ1) is 16.3. The van der Waals surface area contributed by atoms with E-state index in [0.29, 0.717) is 35.5 Å². The van der Waals surface area contributed by atoms with Crippen LogP contribution in [-0.2, 0) is 0 Å². The molecule has 2 heterocycles. The highest BCUT2D eigenvalue weighted by Crippen LogP contribution is 2.18. The Labute approximate surface area is 142 Å². The van der Waals surface area contributed by atoms with E-state index in [1.165, 1.54) is 21.9 Å². The van der Waals surface area contributed by atoms with Crippen molar-refractivity contribution in [1.82, 2.24) is 14.6 Å². The third-order valence-corrected chi connectivity index (χ3v) is 4.02. The van der Waals surface area contributed by atoms with Gasteiger partial charge in [0.2, 0.25) is 10.1 Å². The van der Waals surface area contributed by atoms with Crippen LogP contribution < -0.4 is 20.3 Å². The smallest absolute Gasteiger partial charge is 0.275 e. The van der Waals surface area contributed by atoms with Gasteiger partial charge in [0.25, 0.3) is 5.56 Å². The van der Waals surface area contributed by atoms with Gasteiger partial charge in [-0.1, -0.05) is 11.3 Å². The second-order valence-electron chi connectivity index (χ2n) is 5.02. The van der Waals surface area contributed by atoms with Gasteiger partial charge in [-0.05, 0) is 38.1 Å². The summed E-state index contributed by atoms with van der Waals surface area (Å²) in [5, 5.41) is 7.99. The summed E-state index contributed by atoms with van der Waals surface area (Å²) in [6.07, 6.45) is 0. The normalized spacial score (nSPS) is 10.8. The lowest BCUT2D eigenvalue weighted by Gasteiger charge is -2.07. The lowest BCUT2D eigenvalue weighted by atomic mass is 10.3. The molecule has 1 N–H and O–H groups in total. The molecule has 0 aliphatic heterocycles. The molecule has 8 heteroatoms. The van der Waals surface area contributed by atoms with E-state index in [1.807, 2.05) is 31.2 Å². The van der Waals surface area contributed by atoms with Crippen LogP contribution in [0.1, 0.15) is 12.6 Å². The first-order valence-electron chi connectivity index (χ1n) is 7.63. The van der Waals surface area contributed by atoms with Crippen molar-refractivity contribution in [2.24, 2.45) is 0 Å². The molecular formula is C16H18N4O3S. The largest absolute Gasteiger partial charge is 0.494 e. The predicted octanol–water partition coefficient (Wildman–Crippen LogP) is 2.35. The van der Waals surface area contributed by atoms with Crippen molar-refractivity contribution >= 4 is 21.4 Å². The van der Waals surface area contributed by atoms with Gasteiger partial charge in [0.1, 0.15) is 18.1 Å². The van der Waals surface area contributed by atoms with E-state index in [1.54, 1.807) is 6.92 Å². The SMILES string of the molecule is CCOc1ccc(OCCNc2nn3c(=O)cc(C)nc3s2)cc1. The van der Waals surface area contributed by atoms with Crippen molar-refractivity contribution in [1.29, 1.82) is 0 Å². The fraction of sp³-hybridized carbons (Fsp3) is 0.312. The second kappa shape index (κ2) is 7.31.